The van der Waals surface area contributed by atoms with Crippen molar-refractivity contribution in [2.45, 2.75) is 199 Å². The molecule has 2 unspecified atom stereocenters. The minimum atomic E-state index is -5.92. The molecule has 41 heteroatoms. The van der Waals surface area contributed by atoms with Crippen molar-refractivity contribution in [2.75, 3.05) is 56.7 Å². The van der Waals surface area contributed by atoms with Gasteiger partial charge in [-0.25, -0.2) is 13.9 Å². The van der Waals surface area contributed by atoms with E-state index < -0.39 is 212 Å². The van der Waals surface area contributed by atoms with Crippen LogP contribution in [-0.4, -0.2) is 295 Å². The van der Waals surface area contributed by atoms with Crippen LogP contribution in [0.1, 0.15) is 58.1 Å². The van der Waals surface area contributed by atoms with Crippen molar-refractivity contribution in [2.24, 2.45) is 0 Å². The lowest BCUT2D eigenvalue weighted by atomic mass is 9.95. The van der Waals surface area contributed by atoms with Crippen LogP contribution in [0.3, 0.4) is 0 Å². The molecule has 0 radical (unpaired) electrons. The SMILES string of the molecule is C=C(C)N[C@H]1[C@H](O[C@@H]2[C@@H](OC[C@H]3O[C@@H](OCCCCCCCCC(=O)OC)[C@@H](O)[C@@H](O)[C@@H]3O)O[C@H](CSCSCC(=O)N[C@H]3[C@@H](OP(=O)(O)OP(=O)(O)OC[C@H]4O[C@@H](n5ccc(=O)[nH]c5=O)[C@H](O)[C@@H]4O)O[C@H](CO)[C@@H](O)[C@@H]3O)[C@@H](O)[C@@H]2O)O[C@H](CO)[C@@H](O)[C@@H]1O. The normalized spacial score (nSPS) is 37.8. The molecule has 5 saturated heterocycles. The van der Waals surface area contributed by atoms with Crippen LogP contribution < -0.4 is 21.9 Å². The molecule has 37 nitrogen and oxygen atoms in total. The van der Waals surface area contributed by atoms with Gasteiger partial charge in [0.25, 0.3) is 5.56 Å². The number of aromatic nitrogens is 2. The first kappa shape index (κ1) is 76.3. The molecule has 0 aromatic carbocycles. The van der Waals surface area contributed by atoms with Gasteiger partial charge < -0.3 is 129 Å². The molecular formula is C49H82N4O33P2S2. The van der Waals surface area contributed by atoms with Crippen LogP contribution in [0.2, 0.25) is 0 Å². The number of methoxy groups -OCH3 is 1. The number of esters is 1. The second-order valence-electron chi connectivity index (χ2n) is 21.6. The fourth-order valence-corrected chi connectivity index (χ4v) is 14.1. The molecule has 18 N–H and O–H groups in total. The van der Waals surface area contributed by atoms with E-state index in [4.69, 9.17) is 46.9 Å². The Morgan fingerprint density at radius 1 is 0.644 bits per heavy atom. The van der Waals surface area contributed by atoms with E-state index in [0.29, 0.717) is 23.8 Å². The van der Waals surface area contributed by atoms with Crippen molar-refractivity contribution in [1.82, 2.24) is 20.2 Å². The van der Waals surface area contributed by atoms with Crippen LogP contribution in [0.15, 0.2) is 34.1 Å². The quantitative estimate of drug-likeness (QED) is 0.0132. The third-order valence-corrected chi connectivity index (χ3v) is 19.8. The molecule has 5 fully saturated rings. The van der Waals surface area contributed by atoms with Crippen LogP contribution in [0.25, 0.3) is 0 Å². The minimum absolute atomic E-state index is 0.00620. The van der Waals surface area contributed by atoms with E-state index in [-0.39, 0.29) is 29.1 Å². The number of nitrogens with zero attached hydrogens (tertiary/aromatic N) is 1. The Kier molecular flexibility index (Phi) is 29.9. The zero-order valence-electron chi connectivity index (χ0n) is 48.5. The number of aliphatic hydroxyl groups excluding tert-OH is 13. The highest BCUT2D eigenvalue weighted by atomic mass is 32.2. The molecular weight excluding hydrogens is 1300 g/mol. The molecule has 1 aromatic heterocycles. The highest BCUT2D eigenvalue weighted by Gasteiger charge is 2.54. The Bertz CT molecular complexity index is 2660. The summed E-state index contributed by atoms with van der Waals surface area (Å²) in [7, 11) is -10.3. The van der Waals surface area contributed by atoms with Crippen LogP contribution in [0.5, 0.6) is 0 Å². The average molecular weight is 1380 g/mol. The summed E-state index contributed by atoms with van der Waals surface area (Å²) < 4.78 is 91.7. The van der Waals surface area contributed by atoms with E-state index in [9.17, 15) is 104 Å². The second-order valence-corrected chi connectivity index (χ2v) is 26.9. The summed E-state index contributed by atoms with van der Waals surface area (Å²) in [5, 5.41) is 145. The third-order valence-electron chi connectivity index (χ3n) is 14.8. The van der Waals surface area contributed by atoms with Gasteiger partial charge in [-0.05, 0) is 19.8 Å². The Hall–Kier alpha value is -2.72. The van der Waals surface area contributed by atoms with Crippen LogP contribution >= 0.6 is 39.2 Å². The van der Waals surface area contributed by atoms with Crippen molar-refractivity contribution in [1.29, 1.82) is 0 Å². The maximum Gasteiger partial charge on any atom is 0.483 e. The number of carbonyl (C=O) groups excluding carboxylic acids is 2. The molecule has 6 heterocycles. The number of hydrogen-bond acceptors (Lipinski definition) is 34. The molecule has 5 aliphatic rings. The van der Waals surface area contributed by atoms with Gasteiger partial charge in [0.1, 0.15) is 110 Å². The van der Waals surface area contributed by atoms with Gasteiger partial charge in [0.15, 0.2) is 31.4 Å². The average Bonchev–Trinajstić information content (AvgIpc) is 0.997. The zero-order valence-corrected chi connectivity index (χ0v) is 52.0. The number of amides is 1. The monoisotopic (exact) mass is 1380 g/mol. The summed E-state index contributed by atoms with van der Waals surface area (Å²) in [6.07, 6.45) is -32.7. The number of ether oxygens (including phenoxy) is 9. The molecule has 0 spiro atoms. The highest BCUT2D eigenvalue weighted by molar-refractivity contribution is 8.16. The molecule has 26 atom stereocenters. The van der Waals surface area contributed by atoms with Crippen molar-refractivity contribution < 1.29 is 151 Å². The van der Waals surface area contributed by atoms with E-state index in [1.165, 1.54) is 14.0 Å². The van der Waals surface area contributed by atoms with E-state index in [0.717, 1.165) is 61.5 Å². The summed E-state index contributed by atoms with van der Waals surface area (Å²) in [5.41, 5.74) is -1.60. The van der Waals surface area contributed by atoms with Crippen molar-refractivity contribution in [3.8, 4) is 0 Å². The van der Waals surface area contributed by atoms with Crippen molar-refractivity contribution in [3.63, 3.8) is 0 Å². The summed E-state index contributed by atoms with van der Waals surface area (Å²) in [4.78, 5) is 71.3. The summed E-state index contributed by atoms with van der Waals surface area (Å²) >= 11 is 1.91. The molecule has 0 aliphatic carbocycles. The molecule has 6 rings (SSSR count). The fraction of sp³-hybridized carbons (Fsp3) is 0.837. The van der Waals surface area contributed by atoms with Crippen molar-refractivity contribution >= 4 is 51.0 Å². The molecule has 0 saturated carbocycles. The maximum atomic E-state index is 13.3. The number of rotatable bonds is 34. The first-order valence-electron chi connectivity index (χ1n) is 28.3. The largest absolute Gasteiger partial charge is 0.483 e. The summed E-state index contributed by atoms with van der Waals surface area (Å²) in [6.45, 7) is 1.70. The lowest BCUT2D eigenvalue weighted by Crippen LogP contribution is -2.67. The molecule has 1 aromatic rings. The first-order chi connectivity index (χ1) is 42.5. The van der Waals surface area contributed by atoms with Crippen LogP contribution in [0.4, 0.5) is 0 Å². The van der Waals surface area contributed by atoms with Gasteiger partial charge in [0, 0.05) is 41.8 Å². The van der Waals surface area contributed by atoms with Gasteiger partial charge in [0.05, 0.1) is 45.4 Å². The van der Waals surface area contributed by atoms with E-state index in [1.54, 1.807) is 0 Å². The zero-order chi connectivity index (χ0) is 66.4. The van der Waals surface area contributed by atoms with E-state index in [1.807, 2.05) is 4.98 Å². The van der Waals surface area contributed by atoms with Crippen molar-refractivity contribution in [3.05, 3.63) is 45.4 Å². The standard InChI is InChI=1S/C49H82N4O33P2S2/c1-21(2)50-30-37(64)32(59)22(14-54)80-45(30)84-43-40(67)36(63)26(83-48(43)77-16-24-34(61)39(66)42(69)47(82-24)76-13-9-7-5-4-6-8-10-29(58)75-3)18-89-20-90-19-28(57)51-31-38(65)33(60)23(15-55)81-46(31)85-88(73,74)86-87(71,72)78-17-25-35(62)41(68)44(79-25)53-12-11-27(56)52-49(53)70/h11-12,22-26,30-48,50,54-55,59-69H,1,4-10,13-20H2,2-3H3,(H,51,57)(H,71,72)(H,73,74)(H,52,56,70)/t22-,23-,24-,25-,26-,30-,31-,32-,33-,34-,35-,36-,37-,38-,39+,40+,41-,42+,43+,44-,45+,46-,47-,48+/m1/s1. The number of hydrogen-bond donors (Lipinski definition) is 18. The Morgan fingerprint density at radius 3 is 1.84 bits per heavy atom. The minimum Gasteiger partial charge on any atom is -0.469 e. The van der Waals surface area contributed by atoms with Crippen LogP contribution in [-0.2, 0) is 74.7 Å². The molecule has 90 heavy (non-hydrogen) atoms. The van der Waals surface area contributed by atoms with Gasteiger partial charge in [-0.15, -0.1) is 23.5 Å². The van der Waals surface area contributed by atoms with Crippen LogP contribution in [0, 0.1) is 0 Å². The number of unbranched alkanes of at least 4 members (excludes halogenated alkanes) is 5. The van der Waals surface area contributed by atoms with Gasteiger partial charge in [-0.2, -0.15) is 4.31 Å². The fourth-order valence-electron chi connectivity index (χ4n) is 9.98. The lowest BCUT2D eigenvalue weighted by Gasteiger charge is -2.48. The molecule has 0 bridgehead atoms. The van der Waals surface area contributed by atoms with E-state index in [2.05, 4.69) is 26.3 Å². The lowest BCUT2D eigenvalue weighted by molar-refractivity contribution is -0.360. The molecule has 518 valence electrons. The van der Waals surface area contributed by atoms with Gasteiger partial charge in [-0.1, -0.05) is 32.3 Å². The molecule has 1 amide bonds. The maximum absolute atomic E-state index is 13.3. The number of aliphatic hydroxyl groups is 13. The number of H-pyrrole nitrogens is 1. The Morgan fingerprint density at radius 2 is 1.21 bits per heavy atom. The van der Waals surface area contributed by atoms with Gasteiger partial charge >= 0.3 is 27.3 Å². The first-order valence-corrected chi connectivity index (χ1v) is 33.6. The number of phosphoric ester groups is 2. The number of nitrogens with one attached hydrogen (secondary N) is 3. The highest BCUT2D eigenvalue weighted by Crippen LogP contribution is 2.61. The number of thioether (sulfide) groups is 2. The summed E-state index contributed by atoms with van der Waals surface area (Å²) in [5.74, 6) is -1.91. The van der Waals surface area contributed by atoms with Gasteiger partial charge in [-0.3, -0.25) is 33.0 Å². The summed E-state index contributed by atoms with van der Waals surface area (Å²) in [6, 6.07) is -2.39. The number of phosphoric acid groups is 2. The second kappa shape index (κ2) is 35.3. The number of allylic oxidation sites excluding steroid dienone is 1. The predicted octanol–water partition coefficient (Wildman–Crippen LogP) is -6.74. The molecule has 5 aliphatic heterocycles. The topological polar surface area (TPSA) is 561 Å². The predicted molar refractivity (Wildman–Crippen MR) is 302 cm³/mol. The Balaban J connectivity index is 1.05. The number of aromatic amines is 1. The van der Waals surface area contributed by atoms with E-state index >= 15 is 0 Å². The van der Waals surface area contributed by atoms with Gasteiger partial charge in [0.2, 0.25) is 5.91 Å². The smallest absolute Gasteiger partial charge is 0.469 e. The Labute approximate surface area is 521 Å². The number of carbonyl (C=O) groups is 2. The third kappa shape index (κ3) is 20.9.